The van der Waals surface area contributed by atoms with E-state index in [0.29, 0.717) is 11.1 Å². The Bertz CT molecular complexity index is 416. The van der Waals surface area contributed by atoms with Gasteiger partial charge in [-0.2, -0.15) is 0 Å². The van der Waals surface area contributed by atoms with Gasteiger partial charge in [-0.1, -0.05) is 13.3 Å². The first-order chi connectivity index (χ1) is 8.04. The summed E-state index contributed by atoms with van der Waals surface area (Å²) in [6.45, 7) is 3.12. The summed E-state index contributed by atoms with van der Waals surface area (Å²) < 4.78 is 18.3. The predicted molar refractivity (Wildman–Crippen MR) is 67.8 cm³/mol. The van der Waals surface area contributed by atoms with Gasteiger partial charge in [0.1, 0.15) is 0 Å². The van der Waals surface area contributed by atoms with Crippen molar-refractivity contribution in [1.82, 2.24) is 0 Å². The summed E-state index contributed by atoms with van der Waals surface area (Å²) in [4.78, 5) is 0. The number of benzene rings is 1. The maximum atomic E-state index is 13.3. The van der Waals surface area contributed by atoms with E-state index in [2.05, 4.69) is 12.2 Å². The lowest BCUT2D eigenvalue weighted by molar-refractivity contribution is 0.180. The number of anilines is 2. The summed E-state index contributed by atoms with van der Waals surface area (Å²) in [6, 6.07) is 2.91. The number of halogens is 1. The van der Waals surface area contributed by atoms with Gasteiger partial charge in [0.05, 0.1) is 18.5 Å². The molecule has 1 saturated carbocycles. The van der Waals surface area contributed by atoms with Crippen molar-refractivity contribution in [3.05, 3.63) is 17.9 Å². The standard InChI is InChI=1S/C13H19FN2O/c1-13(4-3-5-13)8-16-11-7-12(17-2)9(14)6-10(11)15/h6-7,16H,3-5,8,15H2,1-2H3. The second-order valence-electron chi connectivity index (χ2n) is 5.09. The maximum Gasteiger partial charge on any atom is 0.167 e. The van der Waals surface area contributed by atoms with Gasteiger partial charge in [0, 0.05) is 18.7 Å². The van der Waals surface area contributed by atoms with Gasteiger partial charge in [0.15, 0.2) is 11.6 Å². The number of methoxy groups -OCH3 is 1. The van der Waals surface area contributed by atoms with Crippen LogP contribution in [0.2, 0.25) is 0 Å². The highest BCUT2D eigenvalue weighted by atomic mass is 19.1. The maximum absolute atomic E-state index is 13.3. The van der Waals surface area contributed by atoms with E-state index in [1.165, 1.54) is 32.4 Å². The van der Waals surface area contributed by atoms with Gasteiger partial charge in [-0.05, 0) is 18.3 Å². The van der Waals surface area contributed by atoms with Crippen LogP contribution in [0.1, 0.15) is 26.2 Å². The molecule has 0 aliphatic heterocycles. The van der Waals surface area contributed by atoms with E-state index in [1.807, 2.05) is 0 Å². The Hall–Kier alpha value is -1.45. The van der Waals surface area contributed by atoms with Crippen LogP contribution in [0, 0.1) is 11.2 Å². The molecule has 1 aliphatic carbocycles. The van der Waals surface area contributed by atoms with E-state index < -0.39 is 5.82 Å². The molecule has 1 aromatic carbocycles. The lowest BCUT2D eigenvalue weighted by atomic mass is 9.70. The number of ether oxygens (including phenoxy) is 1. The number of hydrogen-bond acceptors (Lipinski definition) is 3. The number of nitrogens with one attached hydrogen (secondary N) is 1. The second kappa shape index (κ2) is 4.43. The Morgan fingerprint density at radius 3 is 2.71 bits per heavy atom. The minimum atomic E-state index is -0.426. The average Bonchev–Trinajstić information content (AvgIpc) is 2.25. The molecule has 0 amide bonds. The van der Waals surface area contributed by atoms with Crippen LogP contribution in [0.3, 0.4) is 0 Å². The Morgan fingerprint density at radius 2 is 2.18 bits per heavy atom. The number of rotatable bonds is 4. The Balaban J connectivity index is 2.09. The monoisotopic (exact) mass is 238 g/mol. The normalized spacial score (nSPS) is 17.4. The van der Waals surface area contributed by atoms with Gasteiger partial charge in [0.2, 0.25) is 0 Å². The fourth-order valence-electron chi connectivity index (χ4n) is 2.14. The number of nitrogens with two attached hydrogens (primary N) is 1. The molecule has 3 N–H and O–H groups in total. The fraction of sp³-hybridized carbons (Fsp3) is 0.538. The van der Waals surface area contributed by atoms with Gasteiger partial charge >= 0.3 is 0 Å². The zero-order chi connectivity index (χ0) is 12.5. The fourth-order valence-corrected chi connectivity index (χ4v) is 2.14. The van der Waals surface area contributed by atoms with Crippen molar-refractivity contribution in [2.24, 2.45) is 5.41 Å². The third-order valence-corrected chi connectivity index (χ3v) is 3.59. The molecule has 1 aliphatic rings. The first-order valence-electron chi connectivity index (χ1n) is 5.91. The van der Waals surface area contributed by atoms with Gasteiger partial charge in [-0.3, -0.25) is 0 Å². The molecule has 0 aromatic heterocycles. The summed E-state index contributed by atoms with van der Waals surface area (Å²) in [5, 5.41) is 3.29. The van der Waals surface area contributed by atoms with Crippen LogP contribution in [0.15, 0.2) is 12.1 Å². The van der Waals surface area contributed by atoms with Gasteiger partial charge < -0.3 is 15.8 Å². The molecule has 0 heterocycles. The third-order valence-electron chi connectivity index (χ3n) is 3.59. The van der Waals surface area contributed by atoms with E-state index in [0.717, 1.165) is 12.2 Å². The molecule has 2 rings (SSSR count). The summed E-state index contributed by atoms with van der Waals surface area (Å²) in [5.41, 5.74) is 7.30. The van der Waals surface area contributed by atoms with E-state index in [9.17, 15) is 4.39 Å². The average molecular weight is 238 g/mol. The second-order valence-corrected chi connectivity index (χ2v) is 5.09. The molecule has 1 fully saturated rings. The van der Waals surface area contributed by atoms with Crippen LogP contribution in [0.5, 0.6) is 5.75 Å². The highest BCUT2D eigenvalue weighted by Gasteiger charge is 2.31. The molecule has 17 heavy (non-hydrogen) atoms. The molecule has 0 unspecified atom stereocenters. The van der Waals surface area contributed by atoms with Crippen molar-refractivity contribution in [1.29, 1.82) is 0 Å². The van der Waals surface area contributed by atoms with E-state index in [1.54, 1.807) is 6.07 Å². The number of nitrogen functional groups attached to an aromatic ring is 1. The van der Waals surface area contributed by atoms with E-state index >= 15 is 0 Å². The molecular formula is C13H19FN2O. The molecule has 94 valence electrons. The zero-order valence-corrected chi connectivity index (χ0v) is 10.3. The first kappa shape index (κ1) is 12.0. The molecule has 0 saturated heterocycles. The Morgan fingerprint density at radius 1 is 1.47 bits per heavy atom. The Kier molecular flexibility index (Phi) is 3.13. The summed E-state index contributed by atoms with van der Waals surface area (Å²) in [7, 11) is 1.45. The van der Waals surface area contributed by atoms with Crippen LogP contribution < -0.4 is 15.8 Å². The van der Waals surface area contributed by atoms with Crippen molar-refractivity contribution in [2.45, 2.75) is 26.2 Å². The largest absolute Gasteiger partial charge is 0.494 e. The van der Waals surface area contributed by atoms with Crippen LogP contribution in [0.25, 0.3) is 0 Å². The molecule has 1 aromatic rings. The highest BCUT2D eigenvalue weighted by Crippen LogP contribution is 2.40. The smallest absolute Gasteiger partial charge is 0.167 e. The van der Waals surface area contributed by atoms with Crippen molar-refractivity contribution in [3.63, 3.8) is 0 Å². The Labute approximate surface area is 101 Å². The minimum Gasteiger partial charge on any atom is -0.494 e. The van der Waals surface area contributed by atoms with Gasteiger partial charge in [-0.25, -0.2) is 4.39 Å². The van der Waals surface area contributed by atoms with Crippen molar-refractivity contribution >= 4 is 11.4 Å². The third kappa shape index (κ3) is 2.46. The predicted octanol–water partition coefficient (Wildman–Crippen LogP) is 3.02. The van der Waals surface area contributed by atoms with E-state index in [-0.39, 0.29) is 5.75 Å². The molecule has 3 nitrogen and oxygen atoms in total. The summed E-state index contributed by atoms with van der Waals surface area (Å²) in [6.07, 6.45) is 3.76. The molecule has 0 atom stereocenters. The van der Waals surface area contributed by atoms with Crippen LogP contribution >= 0.6 is 0 Å². The van der Waals surface area contributed by atoms with Crippen LogP contribution in [0.4, 0.5) is 15.8 Å². The topological polar surface area (TPSA) is 47.3 Å². The molecule has 4 heteroatoms. The lowest BCUT2D eigenvalue weighted by Gasteiger charge is -2.38. The molecule has 0 spiro atoms. The van der Waals surface area contributed by atoms with Crippen molar-refractivity contribution in [2.75, 3.05) is 24.7 Å². The van der Waals surface area contributed by atoms with Crippen molar-refractivity contribution < 1.29 is 9.13 Å². The molecular weight excluding hydrogens is 219 g/mol. The van der Waals surface area contributed by atoms with Crippen LogP contribution in [-0.2, 0) is 0 Å². The lowest BCUT2D eigenvalue weighted by Crippen LogP contribution is -2.33. The highest BCUT2D eigenvalue weighted by molar-refractivity contribution is 5.68. The van der Waals surface area contributed by atoms with Gasteiger partial charge in [0.25, 0.3) is 0 Å². The van der Waals surface area contributed by atoms with Crippen molar-refractivity contribution in [3.8, 4) is 5.75 Å². The summed E-state index contributed by atoms with van der Waals surface area (Å²) >= 11 is 0. The minimum absolute atomic E-state index is 0.223. The van der Waals surface area contributed by atoms with Crippen LogP contribution in [-0.4, -0.2) is 13.7 Å². The van der Waals surface area contributed by atoms with E-state index in [4.69, 9.17) is 10.5 Å². The SMILES string of the molecule is COc1cc(NCC2(C)CCC2)c(N)cc1F. The van der Waals surface area contributed by atoms with Gasteiger partial charge in [-0.15, -0.1) is 0 Å². The quantitative estimate of drug-likeness (QED) is 0.793. The zero-order valence-electron chi connectivity index (χ0n) is 10.3. The number of hydrogen-bond donors (Lipinski definition) is 2. The summed E-state index contributed by atoms with van der Waals surface area (Å²) in [5.74, 6) is -0.203. The molecule has 0 bridgehead atoms. The molecule has 0 radical (unpaired) electrons. The first-order valence-corrected chi connectivity index (χ1v) is 5.91.